The second-order valence-corrected chi connectivity index (χ2v) is 12.3. The van der Waals surface area contributed by atoms with E-state index in [2.05, 4.69) is 27.4 Å². The molecule has 0 radical (unpaired) electrons. The number of amidine groups is 1. The highest BCUT2D eigenvalue weighted by Crippen LogP contribution is 2.34. The Labute approximate surface area is 189 Å². The number of sulfone groups is 1. The number of aliphatic imine (C=N–C) groups is 1. The van der Waals surface area contributed by atoms with Crippen LogP contribution in [-0.4, -0.2) is 73.4 Å². The molecule has 0 saturated carbocycles. The number of likely N-dealkylation sites (tertiary alicyclic amines) is 1. The van der Waals surface area contributed by atoms with Crippen LogP contribution in [-0.2, 0) is 21.1 Å². The third kappa shape index (κ3) is 6.46. The molecule has 2 N–H and O–H groups in total. The van der Waals surface area contributed by atoms with Gasteiger partial charge in [0.05, 0.1) is 24.0 Å². The molecular weight excluding hydrogens is 432 g/mol. The predicted octanol–water partition coefficient (Wildman–Crippen LogP) is 2.15. The molecule has 170 valence electrons. The molecule has 0 aromatic heterocycles. The Kier molecular flexibility index (Phi) is 7.23. The van der Waals surface area contributed by atoms with Gasteiger partial charge in [-0.1, -0.05) is 30.8 Å². The number of hydrogen-bond acceptors (Lipinski definition) is 7. The van der Waals surface area contributed by atoms with E-state index in [9.17, 15) is 13.2 Å². The standard InChI is InChI=1S/C22H32N4O3S2/c1-16-7-11-26(12-8-16)10-2-9-23-21(27)13-17-3-5-18(6-4-17)24-22-25-19-14-31(28,29)15-20(19)30-22/h3-6,16,19-20H,2,7-15H2,1H3,(H,23,27)(H,24,25)/t19-,20+/m1/s1. The third-order valence-corrected chi connectivity index (χ3v) is 9.38. The molecule has 4 rings (SSSR count). The summed E-state index contributed by atoms with van der Waals surface area (Å²) in [6.07, 6.45) is 3.93. The lowest BCUT2D eigenvalue weighted by Gasteiger charge is -2.30. The largest absolute Gasteiger partial charge is 0.356 e. The number of nitrogens with zero attached hydrogens (tertiary/aromatic N) is 2. The average molecular weight is 465 g/mol. The van der Waals surface area contributed by atoms with Gasteiger partial charge in [0.15, 0.2) is 15.0 Å². The van der Waals surface area contributed by atoms with E-state index in [1.54, 1.807) is 0 Å². The summed E-state index contributed by atoms with van der Waals surface area (Å²) in [6, 6.07) is 7.64. The zero-order valence-corrected chi connectivity index (χ0v) is 19.7. The van der Waals surface area contributed by atoms with Crippen molar-refractivity contribution >= 4 is 38.4 Å². The smallest absolute Gasteiger partial charge is 0.224 e. The van der Waals surface area contributed by atoms with Crippen molar-refractivity contribution < 1.29 is 13.2 Å². The van der Waals surface area contributed by atoms with Crippen LogP contribution in [0.2, 0.25) is 0 Å². The summed E-state index contributed by atoms with van der Waals surface area (Å²) in [6.45, 7) is 6.46. The first-order valence-electron chi connectivity index (χ1n) is 11.2. The third-order valence-electron chi connectivity index (χ3n) is 6.24. The highest BCUT2D eigenvalue weighted by molar-refractivity contribution is 8.15. The first-order chi connectivity index (χ1) is 14.9. The molecule has 2 saturated heterocycles. The molecule has 1 aromatic rings. The number of fused-ring (bicyclic) bond motifs is 1. The highest BCUT2D eigenvalue weighted by atomic mass is 32.2. The van der Waals surface area contributed by atoms with Gasteiger partial charge in [-0.05, 0) is 62.5 Å². The molecule has 2 fully saturated rings. The van der Waals surface area contributed by atoms with E-state index >= 15 is 0 Å². The van der Waals surface area contributed by atoms with Crippen molar-refractivity contribution in [1.82, 2.24) is 10.2 Å². The molecular formula is C22H32N4O3S2. The van der Waals surface area contributed by atoms with Crippen molar-refractivity contribution in [3.05, 3.63) is 29.8 Å². The maximum absolute atomic E-state index is 12.2. The van der Waals surface area contributed by atoms with Crippen molar-refractivity contribution in [2.75, 3.05) is 43.0 Å². The minimum Gasteiger partial charge on any atom is -0.356 e. The molecule has 3 aliphatic rings. The monoisotopic (exact) mass is 464 g/mol. The Morgan fingerprint density at radius 3 is 2.65 bits per heavy atom. The maximum atomic E-state index is 12.2. The summed E-state index contributed by atoms with van der Waals surface area (Å²) >= 11 is 1.51. The van der Waals surface area contributed by atoms with Crippen LogP contribution in [0.15, 0.2) is 29.3 Å². The molecule has 2 atom stereocenters. The van der Waals surface area contributed by atoms with Crippen molar-refractivity contribution in [3.8, 4) is 0 Å². The van der Waals surface area contributed by atoms with Crippen molar-refractivity contribution in [2.24, 2.45) is 10.9 Å². The lowest BCUT2D eigenvalue weighted by molar-refractivity contribution is -0.120. The number of thioether (sulfide) groups is 1. The number of piperidine rings is 1. The minimum absolute atomic E-state index is 0.0361. The number of anilines is 1. The average Bonchev–Trinajstić information content (AvgIpc) is 3.20. The van der Waals surface area contributed by atoms with Gasteiger partial charge in [0.25, 0.3) is 0 Å². The van der Waals surface area contributed by atoms with Gasteiger partial charge in [0, 0.05) is 17.5 Å². The van der Waals surface area contributed by atoms with Crippen LogP contribution in [0, 0.1) is 5.92 Å². The number of hydrogen-bond donors (Lipinski definition) is 2. The Morgan fingerprint density at radius 1 is 1.19 bits per heavy atom. The first kappa shape index (κ1) is 22.6. The fourth-order valence-corrected chi connectivity index (χ4v) is 7.99. The molecule has 1 aromatic carbocycles. The van der Waals surface area contributed by atoms with E-state index in [-0.39, 0.29) is 28.7 Å². The van der Waals surface area contributed by atoms with Crippen LogP contribution in [0.1, 0.15) is 31.7 Å². The number of nitrogens with one attached hydrogen (secondary N) is 2. The number of amides is 1. The molecule has 1 amide bonds. The van der Waals surface area contributed by atoms with E-state index < -0.39 is 9.84 Å². The normalized spacial score (nSPS) is 25.8. The predicted molar refractivity (Wildman–Crippen MR) is 127 cm³/mol. The van der Waals surface area contributed by atoms with E-state index in [0.29, 0.717) is 6.42 Å². The fourth-order valence-electron chi connectivity index (χ4n) is 4.31. The van der Waals surface area contributed by atoms with Gasteiger partial charge in [0.1, 0.15) is 0 Å². The summed E-state index contributed by atoms with van der Waals surface area (Å²) in [5.74, 6) is 1.27. The Hall–Kier alpha value is -1.58. The zero-order chi connectivity index (χ0) is 21.8. The van der Waals surface area contributed by atoms with Gasteiger partial charge in [-0.25, -0.2) is 8.42 Å². The maximum Gasteiger partial charge on any atom is 0.224 e. The lowest BCUT2D eigenvalue weighted by atomic mass is 9.99. The molecule has 0 unspecified atom stereocenters. The minimum atomic E-state index is -2.93. The molecule has 7 nitrogen and oxygen atoms in total. The summed E-state index contributed by atoms with van der Waals surface area (Å²) in [5.41, 5.74) is 1.87. The Balaban J connectivity index is 1.15. The van der Waals surface area contributed by atoms with Gasteiger partial charge in [-0.15, -0.1) is 0 Å². The van der Waals surface area contributed by atoms with Gasteiger partial charge < -0.3 is 15.5 Å². The van der Waals surface area contributed by atoms with Crippen molar-refractivity contribution in [3.63, 3.8) is 0 Å². The molecule has 0 bridgehead atoms. The van der Waals surface area contributed by atoms with Crippen LogP contribution in [0.4, 0.5) is 5.69 Å². The second kappa shape index (κ2) is 9.92. The van der Waals surface area contributed by atoms with E-state index in [0.717, 1.165) is 41.8 Å². The topological polar surface area (TPSA) is 90.9 Å². The summed E-state index contributed by atoms with van der Waals surface area (Å²) < 4.78 is 23.3. The van der Waals surface area contributed by atoms with Gasteiger partial charge in [-0.2, -0.15) is 0 Å². The first-order valence-corrected chi connectivity index (χ1v) is 13.9. The van der Waals surface area contributed by atoms with E-state index in [1.807, 2.05) is 24.3 Å². The molecule has 9 heteroatoms. The Morgan fingerprint density at radius 2 is 1.94 bits per heavy atom. The lowest BCUT2D eigenvalue weighted by Crippen LogP contribution is -2.35. The van der Waals surface area contributed by atoms with Gasteiger partial charge in [-0.3, -0.25) is 9.79 Å². The quantitative estimate of drug-likeness (QED) is 0.601. The summed E-state index contributed by atoms with van der Waals surface area (Å²) in [5, 5.41) is 7.11. The number of benzene rings is 1. The van der Waals surface area contributed by atoms with E-state index in [4.69, 9.17) is 0 Å². The summed E-state index contributed by atoms with van der Waals surface area (Å²) in [4.78, 5) is 19.2. The van der Waals surface area contributed by atoms with Crippen LogP contribution in [0.3, 0.4) is 0 Å². The number of rotatable bonds is 7. The molecule has 31 heavy (non-hydrogen) atoms. The van der Waals surface area contributed by atoms with Crippen LogP contribution >= 0.6 is 11.8 Å². The van der Waals surface area contributed by atoms with E-state index in [1.165, 1.54) is 37.7 Å². The van der Waals surface area contributed by atoms with Gasteiger partial charge >= 0.3 is 0 Å². The molecule has 3 aliphatic heterocycles. The number of carbonyl (C=O) groups excluding carboxylic acids is 1. The number of carbonyl (C=O) groups is 1. The Bertz CT molecular complexity index is 909. The molecule has 3 heterocycles. The zero-order valence-electron chi connectivity index (χ0n) is 18.0. The van der Waals surface area contributed by atoms with Gasteiger partial charge in [0.2, 0.25) is 5.91 Å². The van der Waals surface area contributed by atoms with Crippen LogP contribution in [0.25, 0.3) is 0 Å². The highest BCUT2D eigenvalue weighted by Gasteiger charge is 2.42. The molecule has 0 spiro atoms. The van der Waals surface area contributed by atoms with Crippen molar-refractivity contribution in [1.29, 1.82) is 0 Å². The summed E-state index contributed by atoms with van der Waals surface area (Å²) in [7, 11) is -2.93. The fraction of sp³-hybridized carbons (Fsp3) is 0.636. The molecule has 0 aliphatic carbocycles. The van der Waals surface area contributed by atoms with Crippen LogP contribution in [0.5, 0.6) is 0 Å². The second-order valence-electron chi connectivity index (χ2n) is 8.96. The van der Waals surface area contributed by atoms with Crippen molar-refractivity contribution in [2.45, 2.75) is 43.9 Å². The SMILES string of the molecule is CC1CCN(CCCNC(=O)Cc2ccc(NC3=N[C@@H]4CS(=O)(=O)C[C@@H]4S3)cc2)CC1. The van der Waals surface area contributed by atoms with Crippen LogP contribution < -0.4 is 10.6 Å².